The molecule has 1 fully saturated rings. The van der Waals surface area contributed by atoms with E-state index in [0.29, 0.717) is 0 Å². The zero-order valence-corrected chi connectivity index (χ0v) is 11.3. The highest BCUT2D eigenvalue weighted by Gasteiger charge is 2.28. The van der Waals surface area contributed by atoms with Gasteiger partial charge in [-0.25, -0.2) is 0 Å². The minimum absolute atomic E-state index is 0.256. The lowest BCUT2D eigenvalue weighted by Crippen LogP contribution is -2.57. The molecule has 1 rings (SSSR count). The van der Waals surface area contributed by atoms with Crippen molar-refractivity contribution in [2.75, 3.05) is 46.3 Å². The Balaban J connectivity index is 2.45. The molecule has 0 aromatic heterocycles. The fourth-order valence-corrected chi connectivity index (χ4v) is 2.55. The van der Waals surface area contributed by atoms with Crippen molar-refractivity contribution >= 4 is 0 Å². The molecule has 0 radical (unpaired) electrons. The van der Waals surface area contributed by atoms with E-state index >= 15 is 0 Å². The molecule has 0 aromatic rings. The first-order valence-electron chi connectivity index (χ1n) is 6.20. The zero-order chi connectivity index (χ0) is 12.2. The van der Waals surface area contributed by atoms with Crippen molar-refractivity contribution in [3.63, 3.8) is 0 Å². The molecule has 1 saturated heterocycles. The van der Waals surface area contributed by atoms with Gasteiger partial charge in [0.1, 0.15) is 0 Å². The molecule has 0 atom stereocenters. The van der Waals surface area contributed by atoms with Gasteiger partial charge in [-0.05, 0) is 27.8 Å². The molecule has 1 aliphatic heterocycles. The van der Waals surface area contributed by atoms with Crippen LogP contribution in [0.25, 0.3) is 0 Å². The second kappa shape index (κ2) is 5.80. The van der Waals surface area contributed by atoms with Gasteiger partial charge in [0.15, 0.2) is 0 Å². The molecule has 0 saturated carbocycles. The second-order valence-corrected chi connectivity index (χ2v) is 5.68. The van der Waals surface area contributed by atoms with Crippen LogP contribution in [0.3, 0.4) is 0 Å². The number of rotatable bonds is 5. The van der Waals surface area contributed by atoms with Crippen LogP contribution in [-0.4, -0.2) is 61.7 Å². The number of likely N-dealkylation sites (N-methyl/N-ethyl adjacent to an activating group) is 1. The number of nitrogens with zero attached hydrogens (tertiary/aromatic N) is 2. The molecular weight excluding hydrogens is 198 g/mol. The summed E-state index contributed by atoms with van der Waals surface area (Å²) >= 11 is 0. The van der Waals surface area contributed by atoms with Crippen LogP contribution in [0, 0.1) is 0 Å². The molecule has 0 spiro atoms. The molecule has 16 heavy (non-hydrogen) atoms. The van der Waals surface area contributed by atoms with E-state index in [4.69, 9.17) is 0 Å². The van der Waals surface area contributed by atoms with Gasteiger partial charge in [0.25, 0.3) is 0 Å². The van der Waals surface area contributed by atoms with E-state index in [1.807, 2.05) is 0 Å². The van der Waals surface area contributed by atoms with Crippen molar-refractivity contribution < 1.29 is 0 Å². The summed E-state index contributed by atoms with van der Waals surface area (Å²) in [6.45, 7) is 17.4. The summed E-state index contributed by atoms with van der Waals surface area (Å²) in [5.41, 5.74) is 1.49. The van der Waals surface area contributed by atoms with E-state index < -0.39 is 0 Å². The lowest BCUT2D eigenvalue weighted by atomic mass is 10.0. The van der Waals surface area contributed by atoms with Crippen molar-refractivity contribution in [2.45, 2.75) is 26.3 Å². The topological polar surface area (TPSA) is 18.5 Å². The van der Waals surface area contributed by atoms with Crippen molar-refractivity contribution in [1.82, 2.24) is 15.1 Å². The summed E-state index contributed by atoms with van der Waals surface area (Å²) in [5.74, 6) is 0. The van der Waals surface area contributed by atoms with Gasteiger partial charge in [-0.2, -0.15) is 0 Å². The molecule has 0 unspecified atom stereocenters. The third-order valence-electron chi connectivity index (χ3n) is 3.17. The Morgan fingerprint density at radius 2 is 1.94 bits per heavy atom. The summed E-state index contributed by atoms with van der Waals surface area (Å²) in [6.07, 6.45) is 0. The zero-order valence-electron chi connectivity index (χ0n) is 11.3. The molecule has 0 bridgehead atoms. The minimum Gasteiger partial charge on any atom is -0.314 e. The maximum atomic E-state index is 3.97. The highest BCUT2D eigenvalue weighted by molar-refractivity contribution is 4.94. The highest BCUT2D eigenvalue weighted by Crippen LogP contribution is 2.16. The normalized spacial score (nSPS) is 19.1. The maximum absolute atomic E-state index is 3.97. The maximum Gasteiger partial charge on any atom is 0.0281 e. The lowest BCUT2D eigenvalue weighted by molar-refractivity contribution is 0.0740. The van der Waals surface area contributed by atoms with Crippen LogP contribution in [0.2, 0.25) is 0 Å². The van der Waals surface area contributed by atoms with Crippen LogP contribution in [0.5, 0.6) is 0 Å². The first-order valence-corrected chi connectivity index (χ1v) is 6.20. The summed E-state index contributed by atoms with van der Waals surface area (Å²) < 4.78 is 0. The van der Waals surface area contributed by atoms with Gasteiger partial charge in [0.2, 0.25) is 0 Å². The van der Waals surface area contributed by atoms with E-state index in [0.717, 1.165) is 39.3 Å². The fraction of sp³-hybridized carbons (Fsp3) is 0.846. The largest absolute Gasteiger partial charge is 0.314 e. The van der Waals surface area contributed by atoms with E-state index in [-0.39, 0.29) is 5.54 Å². The number of hydrogen-bond acceptors (Lipinski definition) is 3. The van der Waals surface area contributed by atoms with Crippen molar-refractivity contribution in [3.05, 3.63) is 12.2 Å². The van der Waals surface area contributed by atoms with E-state index in [1.54, 1.807) is 0 Å². The Morgan fingerprint density at radius 3 is 2.44 bits per heavy atom. The Bertz CT molecular complexity index is 229. The fourth-order valence-electron chi connectivity index (χ4n) is 2.55. The first-order chi connectivity index (χ1) is 7.42. The Morgan fingerprint density at radius 1 is 1.38 bits per heavy atom. The number of piperazine rings is 1. The van der Waals surface area contributed by atoms with Crippen LogP contribution in [-0.2, 0) is 0 Å². The summed E-state index contributed by atoms with van der Waals surface area (Å²) in [5, 5.41) is 3.40. The standard InChI is InChI=1S/C13H27N3/c1-12(2)10-15(5)11-13(3,4)16-8-6-14-7-9-16/h14H,1,6-11H2,2-5H3. The Kier molecular flexibility index (Phi) is 4.96. The molecule has 3 nitrogen and oxygen atoms in total. The smallest absolute Gasteiger partial charge is 0.0281 e. The Hall–Kier alpha value is -0.380. The van der Waals surface area contributed by atoms with Gasteiger partial charge >= 0.3 is 0 Å². The minimum atomic E-state index is 0.256. The third kappa shape index (κ3) is 4.24. The van der Waals surface area contributed by atoms with Gasteiger partial charge in [-0.3, -0.25) is 4.90 Å². The number of hydrogen-bond donors (Lipinski definition) is 1. The van der Waals surface area contributed by atoms with Crippen molar-refractivity contribution in [1.29, 1.82) is 0 Å². The summed E-state index contributed by atoms with van der Waals surface area (Å²) in [6, 6.07) is 0. The number of nitrogens with one attached hydrogen (secondary N) is 1. The SMILES string of the molecule is C=C(C)CN(C)CC(C)(C)N1CCNCC1. The third-order valence-corrected chi connectivity index (χ3v) is 3.17. The van der Waals surface area contributed by atoms with E-state index in [2.05, 4.69) is 49.5 Å². The molecule has 0 aromatic carbocycles. The molecule has 1 aliphatic rings. The van der Waals surface area contributed by atoms with Gasteiger partial charge in [-0.1, -0.05) is 12.2 Å². The molecule has 0 aliphatic carbocycles. The van der Waals surface area contributed by atoms with Crippen LogP contribution in [0.15, 0.2) is 12.2 Å². The average Bonchev–Trinajstić information content (AvgIpc) is 2.16. The molecular formula is C13H27N3. The summed E-state index contributed by atoms with van der Waals surface area (Å²) in [7, 11) is 2.18. The second-order valence-electron chi connectivity index (χ2n) is 5.68. The van der Waals surface area contributed by atoms with Gasteiger partial charge in [0.05, 0.1) is 0 Å². The highest BCUT2D eigenvalue weighted by atomic mass is 15.3. The molecule has 3 heteroatoms. The average molecular weight is 225 g/mol. The lowest BCUT2D eigenvalue weighted by Gasteiger charge is -2.43. The summed E-state index contributed by atoms with van der Waals surface area (Å²) in [4.78, 5) is 4.95. The molecule has 1 heterocycles. The van der Waals surface area contributed by atoms with Gasteiger partial charge < -0.3 is 10.2 Å². The van der Waals surface area contributed by atoms with Crippen molar-refractivity contribution in [3.8, 4) is 0 Å². The van der Waals surface area contributed by atoms with Crippen LogP contribution >= 0.6 is 0 Å². The van der Waals surface area contributed by atoms with E-state index in [1.165, 1.54) is 5.57 Å². The quantitative estimate of drug-likeness (QED) is 0.709. The van der Waals surface area contributed by atoms with E-state index in [9.17, 15) is 0 Å². The van der Waals surface area contributed by atoms with Gasteiger partial charge in [0, 0.05) is 44.8 Å². The van der Waals surface area contributed by atoms with Gasteiger partial charge in [-0.15, -0.1) is 0 Å². The predicted octanol–water partition coefficient (Wildman–Crippen LogP) is 1.18. The molecule has 1 N–H and O–H groups in total. The first kappa shape index (κ1) is 13.7. The van der Waals surface area contributed by atoms with Crippen LogP contribution in [0.4, 0.5) is 0 Å². The van der Waals surface area contributed by atoms with Crippen LogP contribution in [0.1, 0.15) is 20.8 Å². The monoisotopic (exact) mass is 225 g/mol. The van der Waals surface area contributed by atoms with Crippen molar-refractivity contribution in [2.24, 2.45) is 0 Å². The predicted molar refractivity (Wildman–Crippen MR) is 70.8 cm³/mol. The molecule has 0 amide bonds. The van der Waals surface area contributed by atoms with Crippen LogP contribution < -0.4 is 5.32 Å². The molecule has 94 valence electrons. The Labute approximate surface area is 100 Å².